The Morgan fingerprint density at radius 3 is 2.70 bits per heavy atom. The highest BCUT2D eigenvalue weighted by atomic mass is 35.5. The zero-order chi connectivity index (χ0) is 25.9. The summed E-state index contributed by atoms with van der Waals surface area (Å²) in [6.45, 7) is -0.0824. The van der Waals surface area contributed by atoms with Crippen LogP contribution in [0.15, 0.2) is 83.4 Å². The largest absolute Gasteiger partial charge is 0.459 e. The van der Waals surface area contributed by atoms with Crippen molar-refractivity contribution < 1.29 is 18.3 Å². The normalized spacial score (nSPS) is 17.1. The average molecular weight is 537 g/mol. The minimum absolute atomic E-state index is 0.0824. The third-order valence-corrected chi connectivity index (χ3v) is 6.55. The number of carbonyl (C=O) groups excluding carboxylic acids is 1. The molecule has 188 valence electrons. The van der Waals surface area contributed by atoms with Crippen LogP contribution < -0.4 is 15.5 Å². The SMILES string of the molecule is COCC(=O)Nc1ccc(N2C(=S)N[C@@H](c3ccccn3)[C@H]2c2ccc(-c3ccc(F)cc3)o2)cc1Cl. The number of methoxy groups -OCH3 is 1. The summed E-state index contributed by atoms with van der Waals surface area (Å²) in [5, 5.41) is 6.90. The Bertz CT molecular complexity index is 1430. The molecule has 7 nitrogen and oxygen atoms in total. The maximum absolute atomic E-state index is 13.4. The molecule has 2 aromatic heterocycles. The summed E-state index contributed by atoms with van der Waals surface area (Å²) in [5.41, 5.74) is 2.70. The van der Waals surface area contributed by atoms with E-state index in [4.69, 9.17) is 33.0 Å². The second kappa shape index (κ2) is 10.7. The summed E-state index contributed by atoms with van der Waals surface area (Å²) in [5.74, 6) is 0.603. The van der Waals surface area contributed by atoms with Crippen LogP contribution in [0.1, 0.15) is 23.5 Å². The van der Waals surface area contributed by atoms with Gasteiger partial charge in [-0.3, -0.25) is 9.78 Å². The maximum atomic E-state index is 13.4. The van der Waals surface area contributed by atoms with Crippen LogP contribution in [-0.2, 0) is 9.53 Å². The first-order valence-corrected chi connectivity index (χ1v) is 12.2. The number of pyridine rings is 1. The zero-order valence-electron chi connectivity index (χ0n) is 19.7. The molecule has 2 atom stereocenters. The lowest BCUT2D eigenvalue weighted by Gasteiger charge is -2.26. The van der Waals surface area contributed by atoms with Crippen molar-refractivity contribution in [3.8, 4) is 11.3 Å². The number of anilines is 2. The first-order valence-electron chi connectivity index (χ1n) is 11.4. The van der Waals surface area contributed by atoms with E-state index >= 15 is 0 Å². The average Bonchev–Trinajstić information content (AvgIpc) is 3.51. The van der Waals surface area contributed by atoms with Gasteiger partial charge in [0.1, 0.15) is 30.0 Å². The second-order valence-electron chi connectivity index (χ2n) is 8.35. The minimum atomic E-state index is -0.401. The fourth-order valence-electron chi connectivity index (χ4n) is 4.28. The molecule has 0 spiro atoms. The van der Waals surface area contributed by atoms with Crippen molar-refractivity contribution in [2.45, 2.75) is 12.1 Å². The van der Waals surface area contributed by atoms with Crippen molar-refractivity contribution in [2.75, 3.05) is 23.9 Å². The smallest absolute Gasteiger partial charge is 0.250 e. The fourth-order valence-corrected chi connectivity index (χ4v) is 4.84. The summed E-state index contributed by atoms with van der Waals surface area (Å²) in [6.07, 6.45) is 1.72. The van der Waals surface area contributed by atoms with Crippen molar-refractivity contribution in [1.82, 2.24) is 10.3 Å². The number of benzene rings is 2. The van der Waals surface area contributed by atoms with Gasteiger partial charge < -0.3 is 24.7 Å². The highest BCUT2D eigenvalue weighted by Gasteiger charge is 2.42. The molecule has 37 heavy (non-hydrogen) atoms. The molecule has 2 N–H and O–H groups in total. The molecule has 3 heterocycles. The zero-order valence-corrected chi connectivity index (χ0v) is 21.2. The molecule has 1 amide bonds. The summed E-state index contributed by atoms with van der Waals surface area (Å²) >= 11 is 12.3. The molecular weight excluding hydrogens is 515 g/mol. The lowest BCUT2D eigenvalue weighted by molar-refractivity contribution is -0.119. The molecule has 0 saturated carbocycles. The van der Waals surface area contributed by atoms with Crippen LogP contribution in [0.25, 0.3) is 11.3 Å². The lowest BCUT2D eigenvalue weighted by Crippen LogP contribution is -2.29. The van der Waals surface area contributed by atoms with Crippen molar-refractivity contribution >= 4 is 46.2 Å². The first-order chi connectivity index (χ1) is 17.9. The molecule has 1 saturated heterocycles. The third-order valence-electron chi connectivity index (χ3n) is 5.93. The molecule has 4 aromatic rings. The van der Waals surface area contributed by atoms with E-state index in [9.17, 15) is 9.18 Å². The fraction of sp³-hybridized carbons (Fsp3) is 0.148. The molecule has 0 aliphatic carbocycles. The molecule has 1 aliphatic heterocycles. The van der Waals surface area contributed by atoms with E-state index in [2.05, 4.69) is 15.6 Å². The van der Waals surface area contributed by atoms with Crippen LogP contribution in [0, 0.1) is 5.82 Å². The highest BCUT2D eigenvalue weighted by molar-refractivity contribution is 7.80. The van der Waals surface area contributed by atoms with E-state index < -0.39 is 6.04 Å². The Morgan fingerprint density at radius 1 is 1.19 bits per heavy atom. The van der Waals surface area contributed by atoms with Crippen LogP contribution in [0.2, 0.25) is 5.02 Å². The summed E-state index contributed by atoms with van der Waals surface area (Å²) < 4.78 is 24.6. The van der Waals surface area contributed by atoms with Gasteiger partial charge in [0.2, 0.25) is 5.91 Å². The quantitative estimate of drug-likeness (QED) is 0.285. The number of hydrogen-bond acceptors (Lipinski definition) is 5. The van der Waals surface area contributed by atoms with Crippen molar-refractivity contribution in [2.24, 2.45) is 0 Å². The monoisotopic (exact) mass is 536 g/mol. The summed E-state index contributed by atoms with van der Waals surface area (Å²) in [4.78, 5) is 18.4. The van der Waals surface area contributed by atoms with Gasteiger partial charge in [-0.25, -0.2) is 4.39 Å². The Balaban J connectivity index is 1.53. The van der Waals surface area contributed by atoms with Crippen molar-refractivity contribution in [1.29, 1.82) is 0 Å². The molecule has 2 aromatic carbocycles. The predicted octanol–water partition coefficient (Wildman–Crippen LogP) is 5.90. The van der Waals surface area contributed by atoms with Crippen LogP contribution >= 0.6 is 23.8 Å². The number of halogens is 2. The van der Waals surface area contributed by atoms with E-state index in [1.807, 2.05) is 41.3 Å². The lowest BCUT2D eigenvalue weighted by atomic mass is 10.0. The third kappa shape index (κ3) is 5.20. The maximum Gasteiger partial charge on any atom is 0.250 e. The van der Waals surface area contributed by atoms with E-state index in [1.165, 1.54) is 19.2 Å². The van der Waals surface area contributed by atoms with Gasteiger partial charge in [0.25, 0.3) is 0 Å². The van der Waals surface area contributed by atoms with E-state index in [0.29, 0.717) is 33.0 Å². The Hall–Kier alpha value is -3.79. The van der Waals surface area contributed by atoms with Crippen LogP contribution in [0.5, 0.6) is 0 Å². The number of furan rings is 1. The number of thiocarbonyl (C=S) groups is 1. The molecule has 5 rings (SSSR count). The van der Waals surface area contributed by atoms with Crippen molar-refractivity contribution in [3.05, 3.63) is 101 Å². The Kier molecular flexibility index (Phi) is 7.18. The molecule has 0 bridgehead atoms. The number of hydrogen-bond donors (Lipinski definition) is 2. The van der Waals surface area contributed by atoms with E-state index in [0.717, 1.165) is 11.3 Å². The minimum Gasteiger partial charge on any atom is -0.459 e. The molecule has 1 aliphatic rings. The number of amides is 1. The molecule has 0 radical (unpaired) electrons. The van der Waals surface area contributed by atoms with E-state index in [1.54, 1.807) is 30.5 Å². The molecule has 10 heteroatoms. The second-order valence-corrected chi connectivity index (χ2v) is 9.14. The van der Waals surface area contributed by atoms with Crippen LogP contribution in [0.4, 0.5) is 15.8 Å². The number of nitrogens with one attached hydrogen (secondary N) is 2. The van der Waals surface area contributed by atoms with Gasteiger partial charge in [0.15, 0.2) is 5.11 Å². The topological polar surface area (TPSA) is 79.6 Å². The predicted molar refractivity (Wildman–Crippen MR) is 144 cm³/mol. The summed E-state index contributed by atoms with van der Waals surface area (Å²) in [6, 6.07) is 20.1. The van der Waals surface area contributed by atoms with Gasteiger partial charge in [0, 0.05) is 24.6 Å². The van der Waals surface area contributed by atoms with Gasteiger partial charge >= 0.3 is 0 Å². The summed E-state index contributed by atoms with van der Waals surface area (Å²) in [7, 11) is 1.44. The number of carbonyl (C=O) groups is 1. The Morgan fingerprint density at radius 2 is 2.00 bits per heavy atom. The van der Waals surface area contributed by atoms with Gasteiger partial charge in [-0.2, -0.15) is 0 Å². The van der Waals surface area contributed by atoms with Gasteiger partial charge in [-0.05, 0) is 78.9 Å². The van der Waals surface area contributed by atoms with Gasteiger partial charge in [-0.15, -0.1) is 0 Å². The highest BCUT2D eigenvalue weighted by Crippen LogP contribution is 2.44. The number of nitrogens with zero attached hydrogens (tertiary/aromatic N) is 2. The molecule has 1 fully saturated rings. The van der Waals surface area contributed by atoms with Gasteiger partial charge in [0.05, 0.1) is 22.4 Å². The molecular formula is C27H22ClFN4O3S. The standard InChI is InChI=1S/C27H22ClFN4O3S/c1-35-15-24(34)31-20-10-9-18(14-19(20)28)33-26(25(32-27(33)37)21-4-2-3-13-30-21)23-12-11-22(36-23)16-5-7-17(29)8-6-16/h2-14,25-26H,15H2,1H3,(H,31,34)(H,32,37)/t25-,26+/m0/s1. The van der Waals surface area contributed by atoms with Crippen molar-refractivity contribution in [3.63, 3.8) is 0 Å². The van der Waals surface area contributed by atoms with E-state index in [-0.39, 0.29) is 24.4 Å². The molecule has 0 unspecified atom stereocenters. The number of ether oxygens (including phenoxy) is 1. The van der Waals surface area contributed by atoms with Crippen LogP contribution in [0.3, 0.4) is 0 Å². The van der Waals surface area contributed by atoms with Gasteiger partial charge in [-0.1, -0.05) is 17.7 Å². The first kappa shape index (κ1) is 24.9. The number of rotatable bonds is 7. The Labute approximate surface area is 223 Å². The van der Waals surface area contributed by atoms with Crippen LogP contribution in [-0.4, -0.2) is 29.7 Å². The number of aromatic nitrogens is 1.